The van der Waals surface area contributed by atoms with E-state index in [0.717, 1.165) is 0 Å². The highest BCUT2D eigenvalue weighted by atomic mass is 16.4. The third kappa shape index (κ3) is 2.55. The van der Waals surface area contributed by atoms with E-state index in [9.17, 15) is 20.4 Å². The zero-order valence-corrected chi connectivity index (χ0v) is 11.0. The molecule has 0 amide bonds. The molecular formula is C13H24O4. The summed E-state index contributed by atoms with van der Waals surface area (Å²) in [6, 6.07) is 0. The highest BCUT2D eigenvalue weighted by Gasteiger charge is 2.58. The average molecular weight is 244 g/mol. The topological polar surface area (TPSA) is 80.9 Å². The third-order valence-electron chi connectivity index (χ3n) is 3.85. The molecule has 0 aromatic heterocycles. The normalized spacial score (nSPS) is 43.9. The van der Waals surface area contributed by atoms with E-state index in [2.05, 4.69) is 0 Å². The molecule has 0 aromatic carbocycles. The monoisotopic (exact) mass is 244 g/mol. The Kier molecular flexibility index (Phi) is 3.75. The Labute approximate surface area is 103 Å². The van der Waals surface area contributed by atoms with Crippen molar-refractivity contribution in [2.24, 2.45) is 5.41 Å². The standard InChI is InChI=1S/C13H24O4/c1-9(14)5-6-13(17)11(2,3)7-10(15)8-12(13,4)16/h5-6,9-10,14-17H,7-8H2,1-4H3/t9-,10+,12+,13+/m1/s1. The lowest BCUT2D eigenvalue weighted by Crippen LogP contribution is -2.65. The van der Waals surface area contributed by atoms with Gasteiger partial charge in [0, 0.05) is 11.8 Å². The zero-order valence-electron chi connectivity index (χ0n) is 11.0. The minimum Gasteiger partial charge on any atom is -0.393 e. The van der Waals surface area contributed by atoms with E-state index in [1.165, 1.54) is 19.1 Å². The van der Waals surface area contributed by atoms with Crippen molar-refractivity contribution in [1.29, 1.82) is 0 Å². The lowest BCUT2D eigenvalue weighted by atomic mass is 9.57. The molecule has 0 heterocycles. The van der Waals surface area contributed by atoms with Crippen LogP contribution in [0.1, 0.15) is 40.5 Å². The minimum atomic E-state index is -1.46. The predicted molar refractivity (Wildman–Crippen MR) is 65.4 cm³/mol. The molecule has 0 aromatic rings. The molecule has 4 atom stereocenters. The van der Waals surface area contributed by atoms with Gasteiger partial charge in [-0.05, 0) is 20.3 Å². The van der Waals surface area contributed by atoms with E-state index in [0.29, 0.717) is 6.42 Å². The summed E-state index contributed by atoms with van der Waals surface area (Å²) in [5.41, 5.74) is -3.55. The van der Waals surface area contributed by atoms with Crippen LogP contribution < -0.4 is 0 Å². The Balaban J connectivity index is 3.15. The highest BCUT2D eigenvalue weighted by Crippen LogP contribution is 2.50. The van der Waals surface area contributed by atoms with Crippen LogP contribution in [0.15, 0.2) is 12.2 Å². The van der Waals surface area contributed by atoms with Crippen LogP contribution in [-0.4, -0.2) is 43.8 Å². The lowest BCUT2D eigenvalue weighted by molar-refractivity contribution is -0.217. The first-order chi connectivity index (χ1) is 7.52. The Morgan fingerprint density at radius 2 is 1.71 bits per heavy atom. The van der Waals surface area contributed by atoms with Crippen LogP contribution in [0.4, 0.5) is 0 Å². The van der Waals surface area contributed by atoms with E-state index in [1.54, 1.807) is 20.8 Å². The smallest absolute Gasteiger partial charge is 0.116 e. The van der Waals surface area contributed by atoms with Crippen LogP contribution in [0.5, 0.6) is 0 Å². The molecule has 0 unspecified atom stereocenters. The van der Waals surface area contributed by atoms with Crippen molar-refractivity contribution in [2.45, 2.75) is 63.9 Å². The Hall–Kier alpha value is -0.420. The van der Waals surface area contributed by atoms with Crippen LogP contribution in [-0.2, 0) is 0 Å². The molecule has 17 heavy (non-hydrogen) atoms. The Morgan fingerprint density at radius 3 is 2.12 bits per heavy atom. The van der Waals surface area contributed by atoms with Crippen molar-refractivity contribution in [2.75, 3.05) is 0 Å². The molecule has 100 valence electrons. The molecule has 4 N–H and O–H groups in total. The second-order valence-electron chi connectivity index (χ2n) is 6.09. The molecule has 1 rings (SSSR count). The maximum atomic E-state index is 10.7. The fraction of sp³-hybridized carbons (Fsp3) is 0.846. The Morgan fingerprint density at radius 1 is 1.18 bits per heavy atom. The van der Waals surface area contributed by atoms with Crippen LogP contribution >= 0.6 is 0 Å². The fourth-order valence-corrected chi connectivity index (χ4v) is 2.84. The summed E-state index contributed by atoms with van der Waals surface area (Å²) >= 11 is 0. The third-order valence-corrected chi connectivity index (χ3v) is 3.85. The van der Waals surface area contributed by atoms with Gasteiger partial charge >= 0.3 is 0 Å². The van der Waals surface area contributed by atoms with E-state index < -0.39 is 28.8 Å². The molecular weight excluding hydrogens is 220 g/mol. The number of rotatable bonds is 2. The molecule has 4 nitrogen and oxygen atoms in total. The van der Waals surface area contributed by atoms with Crippen LogP contribution in [0, 0.1) is 5.41 Å². The summed E-state index contributed by atoms with van der Waals surface area (Å²) in [7, 11) is 0. The number of aliphatic hydroxyl groups is 4. The second-order valence-corrected chi connectivity index (χ2v) is 6.09. The first-order valence-corrected chi connectivity index (χ1v) is 6.02. The largest absolute Gasteiger partial charge is 0.393 e. The summed E-state index contributed by atoms with van der Waals surface area (Å²) in [6.07, 6.45) is 2.15. The van der Waals surface area contributed by atoms with E-state index in [-0.39, 0.29) is 6.42 Å². The quantitative estimate of drug-likeness (QED) is 0.536. The summed E-state index contributed by atoms with van der Waals surface area (Å²) in [5.74, 6) is 0. The summed E-state index contributed by atoms with van der Waals surface area (Å²) in [5, 5.41) is 40.1. The summed E-state index contributed by atoms with van der Waals surface area (Å²) in [4.78, 5) is 0. The summed E-state index contributed by atoms with van der Waals surface area (Å²) < 4.78 is 0. The van der Waals surface area contributed by atoms with Crippen molar-refractivity contribution < 1.29 is 20.4 Å². The van der Waals surface area contributed by atoms with E-state index in [1.807, 2.05) is 0 Å². The van der Waals surface area contributed by atoms with Gasteiger partial charge in [0.1, 0.15) is 5.60 Å². The van der Waals surface area contributed by atoms with Crippen LogP contribution in [0.2, 0.25) is 0 Å². The number of hydrogen-bond acceptors (Lipinski definition) is 4. The van der Waals surface area contributed by atoms with Gasteiger partial charge in [-0.3, -0.25) is 0 Å². The van der Waals surface area contributed by atoms with Gasteiger partial charge in [-0.15, -0.1) is 0 Å². The van der Waals surface area contributed by atoms with Gasteiger partial charge in [0.15, 0.2) is 0 Å². The van der Waals surface area contributed by atoms with Gasteiger partial charge in [0.2, 0.25) is 0 Å². The fourth-order valence-electron chi connectivity index (χ4n) is 2.84. The molecule has 0 spiro atoms. The molecule has 1 fully saturated rings. The molecule has 0 aliphatic heterocycles. The van der Waals surface area contributed by atoms with Crippen molar-refractivity contribution >= 4 is 0 Å². The van der Waals surface area contributed by atoms with Gasteiger partial charge in [0.05, 0.1) is 17.8 Å². The van der Waals surface area contributed by atoms with Gasteiger partial charge < -0.3 is 20.4 Å². The van der Waals surface area contributed by atoms with Gasteiger partial charge in [0.25, 0.3) is 0 Å². The first-order valence-electron chi connectivity index (χ1n) is 6.02. The molecule has 4 heteroatoms. The first kappa shape index (κ1) is 14.6. The van der Waals surface area contributed by atoms with Crippen molar-refractivity contribution in [3.8, 4) is 0 Å². The maximum absolute atomic E-state index is 10.7. The average Bonchev–Trinajstić information content (AvgIpc) is 2.09. The number of aliphatic hydroxyl groups excluding tert-OH is 2. The maximum Gasteiger partial charge on any atom is 0.116 e. The van der Waals surface area contributed by atoms with Gasteiger partial charge in [-0.1, -0.05) is 26.0 Å². The van der Waals surface area contributed by atoms with Gasteiger partial charge in [-0.25, -0.2) is 0 Å². The lowest BCUT2D eigenvalue weighted by Gasteiger charge is -2.54. The van der Waals surface area contributed by atoms with E-state index in [4.69, 9.17) is 0 Å². The second kappa shape index (κ2) is 4.35. The molecule has 1 aliphatic carbocycles. The summed E-state index contributed by atoms with van der Waals surface area (Å²) in [6.45, 7) is 6.70. The number of hydrogen-bond donors (Lipinski definition) is 4. The minimum absolute atomic E-state index is 0.122. The predicted octanol–water partition coefficient (Wildman–Crippen LogP) is 0.586. The highest BCUT2D eigenvalue weighted by molar-refractivity contribution is 5.21. The SMILES string of the molecule is C[C@@H](O)C=C[C@]1(O)C(C)(C)C[C@H](O)C[C@]1(C)O. The molecule has 1 aliphatic rings. The zero-order chi connectivity index (χ0) is 13.5. The molecule has 0 saturated heterocycles. The van der Waals surface area contributed by atoms with Crippen molar-refractivity contribution in [1.82, 2.24) is 0 Å². The van der Waals surface area contributed by atoms with Crippen molar-refractivity contribution in [3.05, 3.63) is 12.2 Å². The van der Waals surface area contributed by atoms with Crippen molar-refractivity contribution in [3.63, 3.8) is 0 Å². The van der Waals surface area contributed by atoms with E-state index >= 15 is 0 Å². The van der Waals surface area contributed by atoms with Crippen LogP contribution in [0.3, 0.4) is 0 Å². The van der Waals surface area contributed by atoms with Crippen LogP contribution in [0.25, 0.3) is 0 Å². The molecule has 1 saturated carbocycles. The Bertz CT molecular complexity index is 287. The molecule has 0 radical (unpaired) electrons. The molecule has 0 bridgehead atoms. The van der Waals surface area contributed by atoms with Gasteiger partial charge in [-0.2, -0.15) is 0 Å².